The average molecular weight is 272 g/mol. The molecule has 1 aliphatic carbocycles. The molecule has 20 heavy (non-hydrogen) atoms. The molecule has 0 spiro atoms. The first kappa shape index (κ1) is 12.9. The Morgan fingerprint density at radius 1 is 1.30 bits per heavy atom. The van der Waals surface area contributed by atoms with Gasteiger partial charge in [-0.3, -0.25) is 0 Å². The van der Waals surface area contributed by atoms with Gasteiger partial charge in [-0.05, 0) is 53.3 Å². The van der Waals surface area contributed by atoms with E-state index in [1.54, 1.807) is 6.07 Å². The van der Waals surface area contributed by atoms with Crippen molar-refractivity contribution in [2.24, 2.45) is 5.41 Å². The van der Waals surface area contributed by atoms with Gasteiger partial charge in [-0.2, -0.15) is 0 Å². The maximum Gasteiger partial charge on any atom is 0.184 e. The van der Waals surface area contributed by atoms with Crippen LogP contribution < -0.4 is 11.5 Å². The highest BCUT2D eigenvalue weighted by atomic mass is 15.5. The van der Waals surface area contributed by atoms with Crippen LogP contribution >= 0.6 is 0 Å². The SMILES string of the molecule is CCC1(Cn2nnnc2-c2ccc(N)cc2N)CCC1. The van der Waals surface area contributed by atoms with Crippen molar-refractivity contribution < 1.29 is 0 Å². The van der Waals surface area contributed by atoms with Crippen LogP contribution in [0, 0.1) is 5.41 Å². The molecule has 1 fully saturated rings. The summed E-state index contributed by atoms with van der Waals surface area (Å²) in [6, 6.07) is 5.45. The molecule has 1 heterocycles. The van der Waals surface area contributed by atoms with Crippen LogP contribution in [0.1, 0.15) is 32.6 Å². The monoisotopic (exact) mass is 272 g/mol. The highest BCUT2D eigenvalue weighted by Gasteiger charge is 2.36. The third-order valence-electron chi connectivity index (χ3n) is 4.50. The second kappa shape index (κ2) is 4.77. The summed E-state index contributed by atoms with van der Waals surface area (Å²) in [7, 11) is 0. The lowest BCUT2D eigenvalue weighted by molar-refractivity contribution is 0.0948. The van der Waals surface area contributed by atoms with E-state index < -0.39 is 0 Å². The van der Waals surface area contributed by atoms with Crippen molar-refractivity contribution in [1.82, 2.24) is 20.2 Å². The van der Waals surface area contributed by atoms with E-state index in [-0.39, 0.29) is 0 Å². The Labute approximate surface area is 118 Å². The molecule has 1 aromatic heterocycles. The number of nitrogen functional groups attached to an aromatic ring is 2. The number of rotatable bonds is 4. The van der Waals surface area contributed by atoms with Crippen LogP contribution in [0.2, 0.25) is 0 Å². The fourth-order valence-corrected chi connectivity index (χ4v) is 2.91. The predicted molar refractivity (Wildman–Crippen MR) is 78.7 cm³/mol. The Balaban J connectivity index is 1.93. The molecule has 0 aliphatic heterocycles. The first-order valence-corrected chi connectivity index (χ1v) is 7.05. The normalized spacial score (nSPS) is 16.9. The van der Waals surface area contributed by atoms with Crippen LogP contribution in [-0.4, -0.2) is 20.2 Å². The lowest BCUT2D eigenvalue weighted by atomic mass is 9.67. The Kier molecular flexibility index (Phi) is 3.08. The maximum atomic E-state index is 6.04. The first-order chi connectivity index (χ1) is 9.63. The van der Waals surface area contributed by atoms with Crippen molar-refractivity contribution >= 4 is 11.4 Å². The Morgan fingerprint density at radius 3 is 2.70 bits per heavy atom. The molecule has 0 atom stereocenters. The third kappa shape index (κ3) is 2.11. The number of nitrogens with zero attached hydrogens (tertiary/aromatic N) is 4. The van der Waals surface area contributed by atoms with Gasteiger partial charge < -0.3 is 11.5 Å². The van der Waals surface area contributed by atoms with Crippen LogP contribution in [0.15, 0.2) is 18.2 Å². The molecule has 0 bridgehead atoms. The Bertz CT molecular complexity index is 608. The van der Waals surface area contributed by atoms with Crippen molar-refractivity contribution in [1.29, 1.82) is 0 Å². The van der Waals surface area contributed by atoms with E-state index in [9.17, 15) is 0 Å². The fourth-order valence-electron chi connectivity index (χ4n) is 2.91. The Morgan fingerprint density at radius 2 is 2.10 bits per heavy atom. The van der Waals surface area contributed by atoms with Gasteiger partial charge in [0, 0.05) is 16.9 Å². The molecule has 1 aromatic carbocycles. The summed E-state index contributed by atoms with van der Waals surface area (Å²) in [6.45, 7) is 3.09. The van der Waals surface area contributed by atoms with Crippen molar-refractivity contribution in [3.63, 3.8) is 0 Å². The van der Waals surface area contributed by atoms with E-state index in [0.29, 0.717) is 16.8 Å². The maximum absolute atomic E-state index is 6.04. The van der Waals surface area contributed by atoms with Crippen LogP contribution in [0.4, 0.5) is 11.4 Å². The second-order valence-electron chi connectivity index (χ2n) is 5.71. The van der Waals surface area contributed by atoms with Crippen molar-refractivity contribution in [3.8, 4) is 11.4 Å². The van der Waals surface area contributed by atoms with Crippen molar-refractivity contribution in [2.75, 3.05) is 11.5 Å². The fraction of sp³-hybridized carbons (Fsp3) is 0.500. The summed E-state index contributed by atoms with van der Waals surface area (Å²) in [5, 5.41) is 12.1. The minimum Gasteiger partial charge on any atom is -0.399 e. The molecule has 6 nitrogen and oxygen atoms in total. The number of benzene rings is 1. The van der Waals surface area contributed by atoms with Gasteiger partial charge in [-0.15, -0.1) is 5.10 Å². The molecule has 0 radical (unpaired) electrons. The molecule has 0 saturated heterocycles. The van der Waals surface area contributed by atoms with Gasteiger partial charge in [0.1, 0.15) is 0 Å². The summed E-state index contributed by atoms with van der Waals surface area (Å²) >= 11 is 0. The van der Waals surface area contributed by atoms with E-state index in [0.717, 1.165) is 24.4 Å². The molecule has 1 saturated carbocycles. The van der Waals surface area contributed by atoms with Crippen LogP contribution in [-0.2, 0) is 6.54 Å². The number of tetrazole rings is 1. The van der Waals surface area contributed by atoms with Crippen LogP contribution in [0.3, 0.4) is 0 Å². The summed E-state index contributed by atoms with van der Waals surface area (Å²) in [4.78, 5) is 0. The lowest BCUT2D eigenvalue weighted by Gasteiger charge is -2.41. The highest BCUT2D eigenvalue weighted by Crippen LogP contribution is 2.45. The molecule has 2 aromatic rings. The van der Waals surface area contributed by atoms with E-state index >= 15 is 0 Å². The molecular formula is C14H20N6. The van der Waals surface area contributed by atoms with Crippen molar-refractivity contribution in [3.05, 3.63) is 18.2 Å². The molecule has 3 rings (SSSR count). The average Bonchev–Trinajstić information content (AvgIpc) is 2.82. The van der Waals surface area contributed by atoms with Gasteiger partial charge >= 0.3 is 0 Å². The zero-order valence-corrected chi connectivity index (χ0v) is 11.7. The second-order valence-corrected chi connectivity index (χ2v) is 5.71. The molecule has 1 aliphatic rings. The predicted octanol–water partition coefficient (Wildman–Crippen LogP) is 2.08. The largest absolute Gasteiger partial charge is 0.399 e. The first-order valence-electron chi connectivity index (χ1n) is 7.05. The van der Waals surface area contributed by atoms with Gasteiger partial charge in [0.2, 0.25) is 0 Å². The molecule has 4 N–H and O–H groups in total. The highest BCUT2D eigenvalue weighted by molar-refractivity contribution is 5.74. The van der Waals surface area contributed by atoms with Crippen molar-refractivity contribution in [2.45, 2.75) is 39.2 Å². The number of aromatic nitrogens is 4. The van der Waals surface area contributed by atoms with Crippen LogP contribution in [0.25, 0.3) is 11.4 Å². The standard InChI is InChI=1S/C14H20N6/c1-2-14(6-3-7-14)9-20-13(17-18-19-20)11-5-4-10(15)8-12(11)16/h4-5,8H,2-3,6-7,9,15-16H2,1H3. The molecule has 6 heteroatoms. The number of hydrogen-bond donors (Lipinski definition) is 2. The number of hydrogen-bond acceptors (Lipinski definition) is 5. The molecular weight excluding hydrogens is 252 g/mol. The van der Waals surface area contributed by atoms with Gasteiger partial charge in [0.05, 0.1) is 6.54 Å². The van der Waals surface area contributed by atoms with E-state index in [2.05, 4.69) is 22.4 Å². The smallest absolute Gasteiger partial charge is 0.184 e. The minimum atomic E-state index is 0.354. The van der Waals surface area contributed by atoms with E-state index in [1.807, 2.05) is 16.8 Å². The third-order valence-corrected chi connectivity index (χ3v) is 4.50. The quantitative estimate of drug-likeness (QED) is 0.831. The number of nitrogens with two attached hydrogens (primary N) is 2. The summed E-state index contributed by atoms with van der Waals surface area (Å²) in [5.74, 6) is 0.724. The van der Waals surface area contributed by atoms with Crippen LogP contribution in [0.5, 0.6) is 0 Å². The van der Waals surface area contributed by atoms with E-state index in [4.69, 9.17) is 11.5 Å². The molecule has 0 amide bonds. The Hall–Kier alpha value is -2.11. The van der Waals surface area contributed by atoms with Gasteiger partial charge in [-0.25, -0.2) is 4.68 Å². The topological polar surface area (TPSA) is 95.6 Å². The minimum absolute atomic E-state index is 0.354. The number of anilines is 2. The summed E-state index contributed by atoms with van der Waals surface area (Å²) in [5.41, 5.74) is 14.2. The lowest BCUT2D eigenvalue weighted by Crippen LogP contribution is -2.34. The van der Waals surface area contributed by atoms with Gasteiger partial charge in [0.25, 0.3) is 0 Å². The molecule has 0 unspecified atom stereocenters. The summed E-state index contributed by atoms with van der Waals surface area (Å²) in [6.07, 6.45) is 4.96. The summed E-state index contributed by atoms with van der Waals surface area (Å²) < 4.78 is 1.88. The zero-order chi connectivity index (χ0) is 14.2. The van der Waals surface area contributed by atoms with Gasteiger partial charge in [-0.1, -0.05) is 13.3 Å². The zero-order valence-electron chi connectivity index (χ0n) is 11.7. The van der Waals surface area contributed by atoms with E-state index in [1.165, 1.54) is 19.3 Å². The molecule has 106 valence electrons. The van der Waals surface area contributed by atoms with Gasteiger partial charge in [0.15, 0.2) is 5.82 Å².